The molecule has 0 aliphatic heterocycles. The summed E-state index contributed by atoms with van der Waals surface area (Å²) in [7, 11) is 0. The summed E-state index contributed by atoms with van der Waals surface area (Å²) in [5.41, 5.74) is 3.74. The molecule has 4 heteroatoms. The van der Waals surface area contributed by atoms with Crippen LogP contribution in [0.4, 0.5) is 0 Å². The maximum atomic E-state index is 4.54. The van der Waals surface area contributed by atoms with E-state index >= 15 is 0 Å². The number of hydrogen-bond acceptors (Lipinski definition) is 3. The Labute approximate surface area is 107 Å². The van der Waals surface area contributed by atoms with Crippen LogP contribution in [0.5, 0.6) is 0 Å². The van der Waals surface area contributed by atoms with Gasteiger partial charge in [-0.05, 0) is 31.5 Å². The molecule has 0 amide bonds. The van der Waals surface area contributed by atoms with Gasteiger partial charge in [0.2, 0.25) is 0 Å². The van der Waals surface area contributed by atoms with E-state index in [2.05, 4.69) is 33.1 Å². The Kier molecular flexibility index (Phi) is 3.11. The van der Waals surface area contributed by atoms with E-state index < -0.39 is 0 Å². The molecule has 1 fully saturated rings. The van der Waals surface area contributed by atoms with Gasteiger partial charge >= 0.3 is 0 Å². The van der Waals surface area contributed by atoms with Crippen LogP contribution in [0.3, 0.4) is 0 Å². The second-order valence-corrected chi connectivity index (χ2v) is 4.73. The SMILES string of the molecule is CCNCc1cnn(-c2cccnc2)c1C1CC1. The molecule has 2 aromatic heterocycles. The van der Waals surface area contributed by atoms with Gasteiger partial charge in [0, 0.05) is 24.2 Å². The molecule has 0 atom stereocenters. The summed E-state index contributed by atoms with van der Waals surface area (Å²) in [6.07, 6.45) is 8.22. The van der Waals surface area contributed by atoms with Crippen molar-refractivity contribution in [2.75, 3.05) is 6.54 Å². The monoisotopic (exact) mass is 242 g/mol. The highest BCUT2D eigenvalue weighted by Crippen LogP contribution is 2.42. The van der Waals surface area contributed by atoms with Crippen molar-refractivity contribution >= 4 is 0 Å². The first-order valence-electron chi connectivity index (χ1n) is 6.58. The molecule has 94 valence electrons. The summed E-state index contributed by atoms with van der Waals surface area (Å²) >= 11 is 0. The Morgan fingerprint density at radius 3 is 2.94 bits per heavy atom. The molecular weight excluding hydrogens is 224 g/mol. The fraction of sp³-hybridized carbons (Fsp3) is 0.429. The smallest absolute Gasteiger partial charge is 0.0832 e. The second kappa shape index (κ2) is 4.90. The number of aromatic nitrogens is 3. The first kappa shape index (κ1) is 11.4. The summed E-state index contributed by atoms with van der Waals surface area (Å²) in [4.78, 5) is 4.18. The molecule has 0 spiro atoms. The molecule has 3 rings (SSSR count). The van der Waals surface area contributed by atoms with Crippen LogP contribution in [0, 0.1) is 0 Å². The minimum atomic E-state index is 0.682. The van der Waals surface area contributed by atoms with E-state index in [1.165, 1.54) is 24.1 Å². The van der Waals surface area contributed by atoms with Crippen LogP contribution in [0.25, 0.3) is 5.69 Å². The Bertz CT molecular complexity index is 514. The Balaban J connectivity index is 1.97. The first-order chi connectivity index (χ1) is 8.90. The normalized spacial score (nSPS) is 14.9. The maximum Gasteiger partial charge on any atom is 0.0832 e. The standard InChI is InChI=1S/C14H18N4/c1-2-15-8-12-9-17-18(14(12)11-5-6-11)13-4-3-7-16-10-13/h3-4,7,9-11,15H,2,5-6,8H2,1H3. The third kappa shape index (κ3) is 2.16. The molecule has 0 aromatic carbocycles. The van der Waals surface area contributed by atoms with Crippen LogP contribution in [0.15, 0.2) is 30.7 Å². The van der Waals surface area contributed by atoms with Gasteiger partial charge in [0.05, 0.1) is 23.8 Å². The van der Waals surface area contributed by atoms with E-state index in [-0.39, 0.29) is 0 Å². The summed E-state index contributed by atoms with van der Waals surface area (Å²) in [5, 5.41) is 7.92. The zero-order valence-corrected chi connectivity index (χ0v) is 10.6. The van der Waals surface area contributed by atoms with Crippen LogP contribution >= 0.6 is 0 Å². The summed E-state index contributed by atoms with van der Waals surface area (Å²) in [6, 6.07) is 4.01. The molecule has 1 N–H and O–H groups in total. The van der Waals surface area contributed by atoms with Crippen molar-refractivity contribution in [1.82, 2.24) is 20.1 Å². The van der Waals surface area contributed by atoms with Crippen molar-refractivity contribution in [3.63, 3.8) is 0 Å². The minimum absolute atomic E-state index is 0.682. The van der Waals surface area contributed by atoms with Crippen LogP contribution in [0.1, 0.15) is 36.9 Å². The van der Waals surface area contributed by atoms with E-state index in [1.54, 1.807) is 6.20 Å². The van der Waals surface area contributed by atoms with Crippen LogP contribution in [0.2, 0.25) is 0 Å². The molecule has 0 saturated heterocycles. The number of pyridine rings is 1. The lowest BCUT2D eigenvalue weighted by Gasteiger charge is -2.08. The van der Waals surface area contributed by atoms with Crippen molar-refractivity contribution in [1.29, 1.82) is 0 Å². The third-order valence-electron chi connectivity index (χ3n) is 3.31. The second-order valence-electron chi connectivity index (χ2n) is 4.73. The Morgan fingerprint density at radius 2 is 2.28 bits per heavy atom. The molecule has 0 bridgehead atoms. The average Bonchev–Trinajstić information content (AvgIpc) is 3.17. The van der Waals surface area contributed by atoms with Gasteiger partial charge in [0.25, 0.3) is 0 Å². The van der Waals surface area contributed by atoms with Crippen LogP contribution < -0.4 is 5.32 Å². The zero-order valence-electron chi connectivity index (χ0n) is 10.6. The Hall–Kier alpha value is -1.68. The van der Waals surface area contributed by atoms with Gasteiger partial charge in [-0.2, -0.15) is 5.10 Å². The molecule has 18 heavy (non-hydrogen) atoms. The number of nitrogens with one attached hydrogen (secondary N) is 1. The van der Waals surface area contributed by atoms with Crippen molar-refractivity contribution in [3.05, 3.63) is 42.0 Å². The third-order valence-corrected chi connectivity index (χ3v) is 3.31. The summed E-state index contributed by atoms with van der Waals surface area (Å²) in [5.74, 6) is 0.682. The number of nitrogens with zero attached hydrogens (tertiary/aromatic N) is 3. The van der Waals surface area contributed by atoms with Crippen LogP contribution in [-0.4, -0.2) is 21.3 Å². The quantitative estimate of drug-likeness (QED) is 0.874. The van der Waals surface area contributed by atoms with Crippen molar-refractivity contribution in [2.45, 2.75) is 32.2 Å². The summed E-state index contributed by atoms with van der Waals surface area (Å²) in [6.45, 7) is 4.02. The molecule has 1 saturated carbocycles. The van der Waals surface area contributed by atoms with Gasteiger partial charge < -0.3 is 5.32 Å². The highest BCUT2D eigenvalue weighted by atomic mass is 15.3. The lowest BCUT2D eigenvalue weighted by atomic mass is 10.1. The average molecular weight is 242 g/mol. The van der Waals surface area contributed by atoms with Crippen molar-refractivity contribution in [3.8, 4) is 5.69 Å². The highest BCUT2D eigenvalue weighted by molar-refractivity contribution is 5.36. The Morgan fingerprint density at radius 1 is 1.39 bits per heavy atom. The molecule has 0 radical (unpaired) electrons. The fourth-order valence-electron chi connectivity index (χ4n) is 2.26. The van der Waals surface area contributed by atoms with Gasteiger partial charge in [-0.3, -0.25) is 4.98 Å². The minimum Gasteiger partial charge on any atom is -0.313 e. The fourth-order valence-corrected chi connectivity index (χ4v) is 2.26. The van der Waals surface area contributed by atoms with E-state index in [9.17, 15) is 0 Å². The number of rotatable bonds is 5. The topological polar surface area (TPSA) is 42.7 Å². The van der Waals surface area contributed by atoms with Gasteiger partial charge in [-0.1, -0.05) is 6.92 Å². The van der Waals surface area contributed by atoms with Gasteiger partial charge in [0.15, 0.2) is 0 Å². The summed E-state index contributed by atoms with van der Waals surface area (Å²) < 4.78 is 2.05. The lowest BCUT2D eigenvalue weighted by Crippen LogP contribution is -2.13. The molecule has 4 nitrogen and oxygen atoms in total. The largest absolute Gasteiger partial charge is 0.313 e. The zero-order chi connectivity index (χ0) is 12.4. The molecule has 1 aliphatic carbocycles. The van der Waals surface area contributed by atoms with E-state index in [0.717, 1.165) is 18.8 Å². The van der Waals surface area contributed by atoms with E-state index in [4.69, 9.17) is 0 Å². The molecule has 1 aliphatic rings. The maximum absolute atomic E-state index is 4.54. The van der Waals surface area contributed by atoms with Crippen LogP contribution in [-0.2, 0) is 6.54 Å². The van der Waals surface area contributed by atoms with Gasteiger partial charge in [-0.15, -0.1) is 0 Å². The lowest BCUT2D eigenvalue weighted by molar-refractivity contribution is 0.714. The van der Waals surface area contributed by atoms with E-state index in [1.807, 2.05) is 18.5 Å². The molecular formula is C14H18N4. The molecule has 0 unspecified atom stereocenters. The molecule has 2 heterocycles. The number of hydrogen-bond donors (Lipinski definition) is 1. The van der Waals surface area contributed by atoms with Crippen molar-refractivity contribution in [2.24, 2.45) is 0 Å². The van der Waals surface area contributed by atoms with Crippen molar-refractivity contribution < 1.29 is 0 Å². The predicted molar refractivity (Wildman–Crippen MR) is 70.7 cm³/mol. The van der Waals surface area contributed by atoms with Gasteiger partial charge in [0.1, 0.15) is 0 Å². The predicted octanol–water partition coefficient (Wildman–Crippen LogP) is 2.25. The van der Waals surface area contributed by atoms with E-state index in [0.29, 0.717) is 5.92 Å². The van der Waals surface area contributed by atoms with Gasteiger partial charge in [-0.25, -0.2) is 4.68 Å². The highest BCUT2D eigenvalue weighted by Gasteiger charge is 2.30. The first-order valence-corrected chi connectivity index (χ1v) is 6.58. The molecule has 2 aromatic rings.